The predicted molar refractivity (Wildman–Crippen MR) is 83.5 cm³/mol. The highest BCUT2D eigenvalue weighted by atomic mass is 16.5. The first-order chi connectivity index (χ1) is 11.1. The summed E-state index contributed by atoms with van der Waals surface area (Å²) in [5.41, 5.74) is 4.11. The molecule has 0 unspecified atom stereocenters. The summed E-state index contributed by atoms with van der Waals surface area (Å²) in [7, 11) is 0. The lowest BCUT2D eigenvalue weighted by Crippen LogP contribution is -2.19. The summed E-state index contributed by atoms with van der Waals surface area (Å²) in [5, 5.41) is 12.6. The number of benzene rings is 1. The topological polar surface area (TPSA) is 101 Å². The number of aromatic nitrogens is 1. The molecule has 0 aliphatic rings. The highest BCUT2D eigenvalue weighted by Gasteiger charge is 2.06. The molecule has 7 heteroatoms. The zero-order valence-corrected chi connectivity index (χ0v) is 12.4. The van der Waals surface area contributed by atoms with E-state index in [-0.39, 0.29) is 5.91 Å². The smallest absolute Gasteiger partial charge is 0.341 e. The van der Waals surface area contributed by atoms with Crippen LogP contribution >= 0.6 is 0 Å². The van der Waals surface area contributed by atoms with Crippen LogP contribution in [0.2, 0.25) is 0 Å². The fourth-order valence-electron chi connectivity index (χ4n) is 1.72. The van der Waals surface area contributed by atoms with E-state index in [1.165, 1.54) is 6.20 Å². The molecule has 0 bridgehead atoms. The highest BCUT2D eigenvalue weighted by Crippen LogP contribution is 2.14. The number of carboxylic acid groups (broad SMARTS) is 1. The molecular weight excluding hydrogens is 298 g/mol. The number of carboxylic acids is 1. The summed E-state index contributed by atoms with van der Waals surface area (Å²) in [4.78, 5) is 26.2. The van der Waals surface area contributed by atoms with E-state index in [9.17, 15) is 9.59 Å². The first-order valence-corrected chi connectivity index (χ1v) is 6.76. The Labute approximate surface area is 132 Å². The minimum absolute atomic E-state index is 0.365. The summed E-state index contributed by atoms with van der Waals surface area (Å²) in [6.07, 6.45) is 3.02. The molecule has 0 aliphatic heterocycles. The van der Waals surface area contributed by atoms with Gasteiger partial charge in [0.05, 0.1) is 11.3 Å². The minimum atomic E-state index is -1.05. The second-order valence-electron chi connectivity index (χ2n) is 4.59. The largest absolute Gasteiger partial charge is 0.482 e. The third-order valence-corrected chi connectivity index (χ3v) is 2.86. The van der Waals surface area contributed by atoms with Crippen LogP contribution in [-0.4, -0.2) is 34.3 Å². The lowest BCUT2D eigenvalue weighted by atomic mass is 10.1. The summed E-state index contributed by atoms with van der Waals surface area (Å²) in [5.74, 6) is -1.00. The average molecular weight is 313 g/mol. The Bertz CT molecular complexity index is 729. The molecule has 0 aliphatic carbocycles. The lowest BCUT2D eigenvalue weighted by molar-refractivity contribution is -0.139. The number of ether oxygens (including phenoxy) is 1. The third-order valence-electron chi connectivity index (χ3n) is 2.86. The fourth-order valence-corrected chi connectivity index (χ4v) is 1.72. The number of amides is 1. The molecule has 2 N–H and O–H groups in total. The van der Waals surface area contributed by atoms with Gasteiger partial charge in [0.1, 0.15) is 5.75 Å². The van der Waals surface area contributed by atoms with Crippen molar-refractivity contribution in [3.05, 3.63) is 59.9 Å². The van der Waals surface area contributed by atoms with Crippen molar-refractivity contribution in [2.24, 2.45) is 5.10 Å². The molecule has 0 radical (unpaired) electrons. The minimum Gasteiger partial charge on any atom is -0.482 e. The van der Waals surface area contributed by atoms with Crippen LogP contribution < -0.4 is 10.2 Å². The number of rotatable bonds is 6. The Morgan fingerprint density at radius 2 is 2.04 bits per heavy atom. The van der Waals surface area contributed by atoms with Gasteiger partial charge in [-0.25, -0.2) is 10.2 Å². The molecule has 23 heavy (non-hydrogen) atoms. The van der Waals surface area contributed by atoms with Crippen molar-refractivity contribution in [3.63, 3.8) is 0 Å². The summed E-state index contributed by atoms with van der Waals surface area (Å²) in [6, 6.07) is 10.1. The Kier molecular flexibility index (Phi) is 5.40. The molecule has 1 aromatic heterocycles. The van der Waals surface area contributed by atoms with E-state index in [4.69, 9.17) is 9.84 Å². The van der Waals surface area contributed by atoms with Gasteiger partial charge in [0, 0.05) is 18.0 Å². The van der Waals surface area contributed by atoms with Gasteiger partial charge in [-0.1, -0.05) is 12.1 Å². The highest BCUT2D eigenvalue weighted by molar-refractivity contribution is 6.01. The molecule has 2 aromatic rings. The van der Waals surface area contributed by atoms with Gasteiger partial charge in [0.25, 0.3) is 5.91 Å². The fraction of sp³-hybridized carbons (Fsp3) is 0.125. The normalized spacial score (nSPS) is 10.9. The van der Waals surface area contributed by atoms with Gasteiger partial charge in [0.2, 0.25) is 0 Å². The number of nitrogens with zero attached hydrogens (tertiary/aromatic N) is 2. The number of hydrazone groups is 1. The van der Waals surface area contributed by atoms with E-state index in [0.717, 1.165) is 0 Å². The van der Waals surface area contributed by atoms with Crippen LogP contribution in [0, 0.1) is 0 Å². The van der Waals surface area contributed by atoms with Crippen LogP contribution in [0.15, 0.2) is 53.9 Å². The molecular formula is C16H15N3O4. The Morgan fingerprint density at radius 1 is 1.26 bits per heavy atom. The van der Waals surface area contributed by atoms with Gasteiger partial charge in [0.15, 0.2) is 6.61 Å². The molecule has 0 atom stereocenters. The maximum absolute atomic E-state index is 11.9. The van der Waals surface area contributed by atoms with Gasteiger partial charge in [-0.15, -0.1) is 0 Å². The van der Waals surface area contributed by atoms with Crippen molar-refractivity contribution in [2.75, 3.05) is 6.61 Å². The maximum Gasteiger partial charge on any atom is 0.341 e. The zero-order chi connectivity index (χ0) is 16.7. The number of aliphatic carboxylic acids is 1. The zero-order valence-electron chi connectivity index (χ0n) is 12.4. The van der Waals surface area contributed by atoms with Gasteiger partial charge < -0.3 is 9.84 Å². The van der Waals surface area contributed by atoms with Crippen molar-refractivity contribution in [1.82, 2.24) is 10.4 Å². The van der Waals surface area contributed by atoms with Gasteiger partial charge in [-0.3, -0.25) is 9.78 Å². The monoisotopic (exact) mass is 313 g/mol. The van der Waals surface area contributed by atoms with E-state index in [1.807, 2.05) is 0 Å². The molecule has 0 fully saturated rings. The Balaban J connectivity index is 2.04. The van der Waals surface area contributed by atoms with Crippen LogP contribution in [0.3, 0.4) is 0 Å². The summed E-state index contributed by atoms with van der Waals surface area (Å²) in [6.45, 7) is 1.30. The van der Waals surface area contributed by atoms with Crippen molar-refractivity contribution in [1.29, 1.82) is 0 Å². The van der Waals surface area contributed by atoms with Gasteiger partial charge in [-0.05, 0) is 31.2 Å². The number of carbonyl (C=O) groups is 2. The van der Waals surface area contributed by atoms with Crippen molar-refractivity contribution in [2.45, 2.75) is 6.92 Å². The number of hydrogen-bond acceptors (Lipinski definition) is 5. The second-order valence-corrected chi connectivity index (χ2v) is 4.59. The van der Waals surface area contributed by atoms with Crippen LogP contribution in [0.1, 0.15) is 22.8 Å². The van der Waals surface area contributed by atoms with Crippen molar-refractivity contribution in [3.8, 4) is 5.75 Å². The Hall–Kier alpha value is -3.22. The van der Waals surface area contributed by atoms with Crippen LogP contribution in [0.4, 0.5) is 0 Å². The summed E-state index contributed by atoms with van der Waals surface area (Å²) < 4.78 is 5.10. The number of carbonyl (C=O) groups excluding carboxylic acids is 1. The number of pyridine rings is 1. The molecule has 1 amide bonds. The van der Waals surface area contributed by atoms with Crippen LogP contribution in [0.25, 0.3) is 0 Å². The van der Waals surface area contributed by atoms with E-state index in [2.05, 4.69) is 15.5 Å². The molecule has 118 valence electrons. The molecule has 0 saturated carbocycles. The SMILES string of the molecule is C/C(=N/NC(=O)c1cccnc1)c1cccc(OCC(=O)O)c1. The maximum atomic E-state index is 11.9. The van der Waals surface area contributed by atoms with Crippen LogP contribution in [-0.2, 0) is 4.79 Å². The van der Waals surface area contributed by atoms with Crippen LogP contribution in [0.5, 0.6) is 5.75 Å². The number of hydrogen-bond donors (Lipinski definition) is 2. The first kappa shape index (κ1) is 16.2. The number of nitrogens with one attached hydrogen (secondary N) is 1. The van der Waals surface area contributed by atoms with Crippen molar-refractivity contribution >= 4 is 17.6 Å². The third kappa shape index (κ3) is 4.92. The first-order valence-electron chi connectivity index (χ1n) is 6.76. The van der Waals surface area contributed by atoms with E-state index in [1.54, 1.807) is 49.5 Å². The molecule has 0 saturated heterocycles. The van der Waals surface area contributed by atoms with E-state index >= 15 is 0 Å². The second kappa shape index (κ2) is 7.69. The average Bonchev–Trinajstić information content (AvgIpc) is 2.58. The van der Waals surface area contributed by atoms with Crippen molar-refractivity contribution < 1.29 is 19.4 Å². The van der Waals surface area contributed by atoms with Gasteiger partial charge >= 0.3 is 5.97 Å². The predicted octanol–water partition coefficient (Wildman–Crippen LogP) is 1.70. The van der Waals surface area contributed by atoms with E-state index < -0.39 is 12.6 Å². The quantitative estimate of drug-likeness (QED) is 0.624. The summed E-state index contributed by atoms with van der Waals surface area (Å²) >= 11 is 0. The lowest BCUT2D eigenvalue weighted by Gasteiger charge is -2.06. The Morgan fingerprint density at radius 3 is 2.74 bits per heavy atom. The molecule has 0 spiro atoms. The van der Waals surface area contributed by atoms with Gasteiger partial charge in [-0.2, -0.15) is 5.10 Å². The standard InChI is InChI=1S/C16H15N3O4/c1-11(18-19-16(22)13-5-3-7-17-9-13)12-4-2-6-14(8-12)23-10-15(20)21/h2-9H,10H2,1H3,(H,19,22)(H,20,21)/b18-11-. The molecule has 2 rings (SSSR count). The molecule has 7 nitrogen and oxygen atoms in total. The molecule has 1 aromatic carbocycles. The van der Waals surface area contributed by atoms with E-state index in [0.29, 0.717) is 22.6 Å². The molecule has 1 heterocycles.